The summed E-state index contributed by atoms with van der Waals surface area (Å²) in [4.78, 5) is 0. The Morgan fingerprint density at radius 1 is 0.722 bits per heavy atom. The van der Waals surface area contributed by atoms with Gasteiger partial charge in [-0.3, -0.25) is 0 Å². The van der Waals surface area contributed by atoms with E-state index < -0.39 is 5.31 Å². The molecule has 0 saturated carbocycles. The van der Waals surface area contributed by atoms with Crippen molar-refractivity contribution in [2.45, 2.75) is 65.7 Å². The summed E-state index contributed by atoms with van der Waals surface area (Å²) in [5, 5.41) is -1.63. The Morgan fingerprint density at radius 3 is 1.33 bits per heavy atom. The summed E-state index contributed by atoms with van der Waals surface area (Å²) in [6.07, 6.45) is 15.0. The molecule has 0 amide bonds. The molecule has 112 valence electrons. The molecule has 0 nitrogen and oxygen atoms in total. The fourth-order valence-electron chi connectivity index (χ4n) is 2.79. The van der Waals surface area contributed by atoms with Crippen LogP contribution >= 0.6 is 32.4 Å². The monoisotopic (exact) mass is 358 g/mol. The van der Waals surface area contributed by atoms with Gasteiger partial charge in [-0.15, -0.1) is 0 Å². The molecule has 0 aromatic rings. The van der Waals surface area contributed by atoms with E-state index in [1.165, 1.54) is 69.6 Å². The molecule has 0 aliphatic carbocycles. The van der Waals surface area contributed by atoms with Crippen molar-refractivity contribution < 1.29 is 0 Å². The van der Waals surface area contributed by atoms with Crippen molar-refractivity contribution >= 4 is 32.4 Å². The molecular formula is C15H33BrClP. The summed E-state index contributed by atoms with van der Waals surface area (Å²) in [6, 6.07) is 0. The molecule has 0 aliphatic rings. The minimum absolute atomic E-state index is 0.827. The van der Waals surface area contributed by atoms with Gasteiger partial charge in [0.05, 0.1) is 0 Å². The SMILES string of the molecule is CCCCP(Br)(CCCC)(CCCC)CCCCl. The number of halogens is 2. The number of alkyl halides is 1. The molecule has 0 aliphatic heterocycles. The van der Waals surface area contributed by atoms with Crippen molar-refractivity contribution in [1.82, 2.24) is 0 Å². The van der Waals surface area contributed by atoms with E-state index in [4.69, 9.17) is 11.6 Å². The van der Waals surface area contributed by atoms with E-state index in [0.29, 0.717) is 0 Å². The van der Waals surface area contributed by atoms with Gasteiger partial charge in [0.15, 0.2) is 0 Å². The zero-order valence-electron chi connectivity index (χ0n) is 12.7. The minimum atomic E-state index is -1.63. The van der Waals surface area contributed by atoms with Crippen molar-refractivity contribution in [3.63, 3.8) is 0 Å². The van der Waals surface area contributed by atoms with Gasteiger partial charge < -0.3 is 0 Å². The molecule has 0 fully saturated rings. The van der Waals surface area contributed by atoms with Gasteiger partial charge in [-0.05, 0) is 0 Å². The normalized spacial score (nSPS) is 14.4. The van der Waals surface area contributed by atoms with Crippen LogP contribution in [0.5, 0.6) is 0 Å². The number of unbranched alkanes of at least 4 members (excludes halogenated alkanes) is 3. The zero-order valence-corrected chi connectivity index (χ0v) is 15.9. The van der Waals surface area contributed by atoms with Crippen LogP contribution in [-0.4, -0.2) is 30.5 Å². The Morgan fingerprint density at radius 2 is 1.06 bits per heavy atom. The first kappa shape index (κ1) is 19.2. The zero-order chi connectivity index (χ0) is 13.9. The van der Waals surface area contributed by atoms with E-state index in [2.05, 4.69) is 36.3 Å². The van der Waals surface area contributed by atoms with Crippen LogP contribution in [0, 0.1) is 0 Å². The second-order valence-corrected chi connectivity index (χ2v) is 17.6. The topological polar surface area (TPSA) is 0 Å². The molecule has 0 N–H and O–H groups in total. The van der Waals surface area contributed by atoms with Crippen LogP contribution in [0.2, 0.25) is 0 Å². The third-order valence-electron chi connectivity index (χ3n) is 4.06. The van der Waals surface area contributed by atoms with Gasteiger partial charge in [-0.1, -0.05) is 0 Å². The van der Waals surface area contributed by atoms with Crippen LogP contribution < -0.4 is 0 Å². The fraction of sp³-hybridized carbons (Fsp3) is 1.00. The van der Waals surface area contributed by atoms with Gasteiger partial charge in [0.1, 0.15) is 0 Å². The molecule has 0 saturated heterocycles. The molecule has 0 aromatic heterocycles. The predicted octanol–water partition coefficient (Wildman–Crippen LogP) is 6.88. The molecule has 0 radical (unpaired) electrons. The van der Waals surface area contributed by atoms with E-state index in [-0.39, 0.29) is 0 Å². The Labute approximate surface area is 128 Å². The summed E-state index contributed by atoms with van der Waals surface area (Å²) in [5.41, 5.74) is 0. The Hall–Kier alpha value is 1.20. The van der Waals surface area contributed by atoms with Crippen LogP contribution in [-0.2, 0) is 0 Å². The third-order valence-corrected chi connectivity index (χ3v) is 14.3. The molecule has 0 spiro atoms. The second kappa shape index (κ2) is 10.0. The summed E-state index contributed by atoms with van der Waals surface area (Å²) < 4.78 is 0. The van der Waals surface area contributed by atoms with Gasteiger partial charge in [0.2, 0.25) is 0 Å². The van der Waals surface area contributed by atoms with Crippen molar-refractivity contribution in [1.29, 1.82) is 0 Å². The summed E-state index contributed by atoms with van der Waals surface area (Å²) in [5.74, 6) is 0.827. The van der Waals surface area contributed by atoms with Crippen LogP contribution in [0.25, 0.3) is 0 Å². The van der Waals surface area contributed by atoms with Crippen molar-refractivity contribution in [2.24, 2.45) is 0 Å². The average molecular weight is 360 g/mol. The molecule has 0 heterocycles. The van der Waals surface area contributed by atoms with E-state index >= 15 is 0 Å². The molecule has 18 heavy (non-hydrogen) atoms. The van der Waals surface area contributed by atoms with Gasteiger partial charge in [0, 0.05) is 0 Å². The first-order valence-electron chi connectivity index (χ1n) is 7.82. The number of rotatable bonds is 12. The summed E-state index contributed by atoms with van der Waals surface area (Å²) >= 11 is 10.3. The first-order valence-corrected chi connectivity index (χ1v) is 13.4. The number of hydrogen-bond acceptors (Lipinski definition) is 0. The standard InChI is InChI=1S/C15H33BrClP/c1-4-7-12-18(16,13-8-5-2,14-9-6-3)15-10-11-17/h4-15H2,1-3H3. The molecule has 0 bridgehead atoms. The Kier molecular flexibility index (Phi) is 10.7. The number of hydrogen-bond donors (Lipinski definition) is 0. The Balaban J connectivity index is 4.82. The predicted molar refractivity (Wildman–Crippen MR) is 95.4 cm³/mol. The van der Waals surface area contributed by atoms with Crippen LogP contribution in [0.4, 0.5) is 0 Å². The Bertz CT molecular complexity index is 165. The van der Waals surface area contributed by atoms with E-state index in [0.717, 1.165) is 5.88 Å². The van der Waals surface area contributed by atoms with Gasteiger partial charge in [-0.2, -0.15) is 0 Å². The van der Waals surface area contributed by atoms with Gasteiger partial charge in [0.25, 0.3) is 0 Å². The van der Waals surface area contributed by atoms with Gasteiger partial charge >= 0.3 is 129 Å². The van der Waals surface area contributed by atoms with Crippen LogP contribution in [0.1, 0.15) is 65.7 Å². The first-order chi connectivity index (χ1) is 8.54. The quantitative estimate of drug-likeness (QED) is 0.263. The molecule has 0 aromatic carbocycles. The maximum absolute atomic E-state index is 5.97. The fourth-order valence-corrected chi connectivity index (χ4v) is 11.7. The molecule has 0 unspecified atom stereocenters. The molecule has 3 heteroatoms. The molecule has 0 rings (SSSR count). The third kappa shape index (κ3) is 7.11. The van der Waals surface area contributed by atoms with Crippen molar-refractivity contribution in [2.75, 3.05) is 30.5 Å². The van der Waals surface area contributed by atoms with Gasteiger partial charge in [-0.25, -0.2) is 0 Å². The van der Waals surface area contributed by atoms with Crippen molar-refractivity contribution in [3.05, 3.63) is 0 Å². The molecule has 0 atom stereocenters. The molecular weight excluding hydrogens is 326 g/mol. The summed E-state index contributed by atoms with van der Waals surface area (Å²) in [6.45, 7) is 6.94. The van der Waals surface area contributed by atoms with Crippen LogP contribution in [0.15, 0.2) is 0 Å². The van der Waals surface area contributed by atoms with E-state index in [9.17, 15) is 0 Å². The van der Waals surface area contributed by atoms with E-state index in [1.807, 2.05) is 0 Å². The second-order valence-electron chi connectivity index (χ2n) is 5.82. The maximum atomic E-state index is 5.97. The van der Waals surface area contributed by atoms with Crippen molar-refractivity contribution in [3.8, 4) is 0 Å². The van der Waals surface area contributed by atoms with E-state index in [1.54, 1.807) is 0 Å². The average Bonchev–Trinajstić information content (AvgIpc) is 2.40. The van der Waals surface area contributed by atoms with Crippen LogP contribution in [0.3, 0.4) is 0 Å². The summed E-state index contributed by atoms with van der Waals surface area (Å²) in [7, 11) is 0.